The summed E-state index contributed by atoms with van der Waals surface area (Å²) in [6.07, 6.45) is -10.0. The number of aliphatic hydroxyl groups is 6. The SMILES string of the molecule is O=CO[C@]1(O)[C@H](O)[C@H](O)[C@@H](O)[C@H](O)[C@H]1O. The van der Waals surface area contributed by atoms with Gasteiger partial charge in [-0.15, -0.1) is 0 Å². The van der Waals surface area contributed by atoms with Gasteiger partial charge in [0, 0.05) is 0 Å². The Morgan fingerprint density at radius 3 is 1.67 bits per heavy atom. The lowest BCUT2D eigenvalue weighted by Crippen LogP contribution is -2.71. The number of hydrogen-bond acceptors (Lipinski definition) is 8. The van der Waals surface area contributed by atoms with E-state index in [0.29, 0.717) is 0 Å². The summed E-state index contributed by atoms with van der Waals surface area (Å²) >= 11 is 0. The minimum atomic E-state index is -2.85. The van der Waals surface area contributed by atoms with E-state index in [4.69, 9.17) is 15.3 Å². The highest BCUT2D eigenvalue weighted by Gasteiger charge is 2.59. The van der Waals surface area contributed by atoms with Crippen LogP contribution in [0.1, 0.15) is 0 Å². The molecule has 1 aliphatic carbocycles. The molecule has 8 nitrogen and oxygen atoms in total. The van der Waals surface area contributed by atoms with Gasteiger partial charge in [0.05, 0.1) is 0 Å². The molecule has 15 heavy (non-hydrogen) atoms. The largest absolute Gasteiger partial charge is 0.429 e. The zero-order chi connectivity index (χ0) is 11.8. The van der Waals surface area contributed by atoms with E-state index in [1.54, 1.807) is 0 Å². The summed E-state index contributed by atoms with van der Waals surface area (Å²) in [4.78, 5) is 10.0. The number of hydrogen-bond donors (Lipinski definition) is 6. The van der Waals surface area contributed by atoms with Crippen molar-refractivity contribution in [2.24, 2.45) is 0 Å². The van der Waals surface area contributed by atoms with Gasteiger partial charge < -0.3 is 35.4 Å². The molecule has 1 fully saturated rings. The van der Waals surface area contributed by atoms with E-state index in [0.717, 1.165) is 0 Å². The molecule has 0 aromatic carbocycles. The van der Waals surface area contributed by atoms with E-state index in [9.17, 15) is 20.1 Å². The lowest BCUT2D eigenvalue weighted by Gasteiger charge is -2.45. The standard InChI is InChI=1S/C7H12O8/c8-1-15-7(14)5(12)3(10)2(9)4(11)6(7)13/h1-6,9-14H/t2-,3-,4+,5-,6-,7-/m1/s1. The summed E-state index contributed by atoms with van der Waals surface area (Å²) in [5, 5.41) is 55.5. The Kier molecular flexibility index (Phi) is 3.28. The average molecular weight is 224 g/mol. The quantitative estimate of drug-likeness (QED) is 0.204. The van der Waals surface area contributed by atoms with E-state index in [-0.39, 0.29) is 6.47 Å². The first-order chi connectivity index (χ1) is 6.86. The van der Waals surface area contributed by atoms with Crippen molar-refractivity contribution in [3.8, 4) is 0 Å². The molecule has 1 saturated carbocycles. The van der Waals surface area contributed by atoms with Crippen molar-refractivity contribution in [1.29, 1.82) is 0 Å². The molecule has 0 aromatic rings. The number of carbonyl (C=O) groups is 1. The van der Waals surface area contributed by atoms with Crippen molar-refractivity contribution >= 4 is 6.47 Å². The van der Waals surface area contributed by atoms with Gasteiger partial charge in [-0.05, 0) is 0 Å². The molecule has 0 aliphatic heterocycles. The monoisotopic (exact) mass is 224 g/mol. The molecule has 88 valence electrons. The predicted octanol–water partition coefficient (Wildman–Crippen LogP) is -4.33. The van der Waals surface area contributed by atoms with Crippen LogP contribution < -0.4 is 0 Å². The summed E-state index contributed by atoms with van der Waals surface area (Å²) in [5.41, 5.74) is 0. The van der Waals surface area contributed by atoms with Gasteiger partial charge in [-0.1, -0.05) is 0 Å². The number of rotatable bonds is 2. The predicted molar refractivity (Wildman–Crippen MR) is 42.1 cm³/mol. The molecule has 0 amide bonds. The smallest absolute Gasteiger partial charge is 0.295 e. The van der Waals surface area contributed by atoms with Gasteiger partial charge in [-0.2, -0.15) is 0 Å². The average Bonchev–Trinajstić information content (AvgIpc) is 2.22. The molecule has 0 aromatic heterocycles. The van der Waals surface area contributed by atoms with Crippen LogP contribution in [0.5, 0.6) is 0 Å². The minimum absolute atomic E-state index is 0.260. The Balaban J connectivity index is 3.00. The van der Waals surface area contributed by atoms with Gasteiger partial charge >= 0.3 is 0 Å². The summed E-state index contributed by atoms with van der Waals surface area (Å²) in [7, 11) is 0. The maximum absolute atomic E-state index is 10.0. The highest BCUT2D eigenvalue weighted by atomic mass is 16.7. The summed E-state index contributed by atoms with van der Waals surface area (Å²) in [6, 6.07) is 0. The zero-order valence-electron chi connectivity index (χ0n) is 7.46. The molecule has 1 aliphatic rings. The lowest BCUT2D eigenvalue weighted by atomic mass is 9.82. The Morgan fingerprint density at radius 2 is 1.33 bits per heavy atom. The Hall–Kier alpha value is -0.770. The van der Waals surface area contributed by atoms with Crippen molar-refractivity contribution in [2.45, 2.75) is 36.3 Å². The van der Waals surface area contributed by atoms with Gasteiger partial charge in [-0.3, -0.25) is 4.79 Å². The molecule has 0 radical (unpaired) electrons. The highest BCUT2D eigenvalue weighted by Crippen LogP contribution is 2.30. The summed E-state index contributed by atoms with van der Waals surface area (Å²) < 4.78 is 4.03. The Labute approximate surface area is 84.0 Å². The van der Waals surface area contributed by atoms with Crippen molar-refractivity contribution in [1.82, 2.24) is 0 Å². The molecule has 0 spiro atoms. The fraction of sp³-hybridized carbons (Fsp3) is 0.857. The normalized spacial score (nSPS) is 51.2. The molecule has 6 atom stereocenters. The van der Waals surface area contributed by atoms with Gasteiger partial charge in [0.2, 0.25) is 0 Å². The highest BCUT2D eigenvalue weighted by molar-refractivity contribution is 5.38. The van der Waals surface area contributed by atoms with Crippen LogP contribution >= 0.6 is 0 Å². The molecular weight excluding hydrogens is 212 g/mol. The molecular formula is C7H12O8. The number of aliphatic hydroxyl groups excluding tert-OH is 5. The maximum atomic E-state index is 10.0. The van der Waals surface area contributed by atoms with Gasteiger partial charge in [0.15, 0.2) is 12.2 Å². The first-order valence-electron chi connectivity index (χ1n) is 4.10. The van der Waals surface area contributed by atoms with Crippen LogP contribution in [-0.2, 0) is 9.53 Å². The first kappa shape index (κ1) is 12.3. The maximum Gasteiger partial charge on any atom is 0.295 e. The van der Waals surface area contributed by atoms with Crippen LogP contribution in [-0.4, -0.2) is 73.4 Å². The minimum Gasteiger partial charge on any atom is -0.429 e. The van der Waals surface area contributed by atoms with Crippen molar-refractivity contribution in [3.05, 3.63) is 0 Å². The molecule has 0 saturated heterocycles. The summed E-state index contributed by atoms with van der Waals surface area (Å²) in [5.74, 6) is -2.85. The third kappa shape index (κ3) is 1.71. The van der Waals surface area contributed by atoms with Crippen LogP contribution in [0.15, 0.2) is 0 Å². The van der Waals surface area contributed by atoms with E-state index >= 15 is 0 Å². The molecule has 6 N–H and O–H groups in total. The molecule has 1 rings (SSSR count). The molecule has 0 heterocycles. The molecule has 8 heteroatoms. The first-order valence-corrected chi connectivity index (χ1v) is 4.10. The van der Waals surface area contributed by atoms with E-state index in [1.165, 1.54) is 0 Å². The van der Waals surface area contributed by atoms with Gasteiger partial charge in [0.25, 0.3) is 12.3 Å². The van der Waals surface area contributed by atoms with Crippen LogP contribution in [0, 0.1) is 0 Å². The second-order valence-corrected chi connectivity index (χ2v) is 3.33. The number of ether oxygens (including phenoxy) is 1. The fourth-order valence-corrected chi connectivity index (χ4v) is 1.46. The second kappa shape index (κ2) is 4.00. The van der Waals surface area contributed by atoms with E-state index < -0.39 is 36.3 Å². The molecule has 0 unspecified atom stereocenters. The fourth-order valence-electron chi connectivity index (χ4n) is 1.46. The third-order valence-corrected chi connectivity index (χ3v) is 2.43. The second-order valence-electron chi connectivity index (χ2n) is 3.33. The van der Waals surface area contributed by atoms with Crippen LogP contribution in [0.4, 0.5) is 0 Å². The topological polar surface area (TPSA) is 148 Å². The van der Waals surface area contributed by atoms with Gasteiger partial charge in [0.1, 0.15) is 18.3 Å². The molecule has 0 bridgehead atoms. The van der Waals surface area contributed by atoms with Crippen molar-refractivity contribution < 1.29 is 40.2 Å². The van der Waals surface area contributed by atoms with Crippen molar-refractivity contribution in [2.75, 3.05) is 0 Å². The van der Waals surface area contributed by atoms with E-state index in [1.807, 2.05) is 0 Å². The zero-order valence-corrected chi connectivity index (χ0v) is 7.46. The lowest BCUT2D eigenvalue weighted by molar-refractivity contribution is -0.343. The van der Waals surface area contributed by atoms with Crippen molar-refractivity contribution in [3.63, 3.8) is 0 Å². The van der Waals surface area contributed by atoms with Gasteiger partial charge in [-0.25, -0.2) is 0 Å². The van der Waals surface area contributed by atoms with Crippen LogP contribution in [0.2, 0.25) is 0 Å². The van der Waals surface area contributed by atoms with Crippen LogP contribution in [0.25, 0.3) is 0 Å². The summed E-state index contributed by atoms with van der Waals surface area (Å²) in [6.45, 7) is -0.260. The Bertz CT molecular complexity index is 227. The van der Waals surface area contributed by atoms with E-state index in [2.05, 4.69) is 4.74 Å². The Morgan fingerprint density at radius 1 is 0.933 bits per heavy atom. The third-order valence-electron chi connectivity index (χ3n) is 2.43. The van der Waals surface area contributed by atoms with Crippen LogP contribution in [0.3, 0.4) is 0 Å². The number of carbonyl (C=O) groups excluding carboxylic acids is 1.